The molecule has 3 atom stereocenters. The molecule has 1 fully saturated rings. The van der Waals surface area contributed by atoms with E-state index in [1.165, 1.54) is 6.42 Å². The number of hydrogen-bond acceptors (Lipinski definition) is 4. The van der Waals surface area contributed by atoms with E-state index >= 15 is 0 Å². The fourth-order valence-corrected chi connectivity index (χ4v) is 4.32. The third-order valence-electron chi connectivity index (χ3n) is 5.06. The Morgan fingerprint density at radius 1 is 1.30 bits per heavy atom. The summed E-state index contributed by atoms with van der Waals surface area (Å²) in [6.07, 6.45) is 8.61. The minimum atomic E-state index is -0.485. The second-order valence-corrected chi connectivity index (χ2v) is 7.66. The van der Waals surface area contributed by atoms with Crippen molar-refractivity contribution in [3.63, 3.8) is 0 Å². The highest BCUT2D eigenvalue weighted by Gasteiger charge is 2.34. The zero-order valence-corrected chi connectivity index (χ0v) is 16.1. The highest BCUT2D eigenvalue weighted by atomic mass is 35.5. The molecule has 140 valence electrons. The molecule has 1 saturated carbocycles. The van der Waals surface area contributed by atoms with E-state index in [0.717, 1.165) is 6.42 Å². The van der Waals surface area contributed by atoms with Gasteiger partial charge in [-0.15, -0.1) is 0 Å². The predicted molar refractivity (Wildman–Crippen MR) is 106 cm³/mol. The van der Waals surface area contributed by atoms with Crippen LogP contribution in [0.25, 0.3) is 11.3 Å². The number of benzene rings is 1. The number of nitrogens with zero attached hydrogens (tertiary/aromatic N) is 2. The molecule has 2 aliphatic rings. The average Bonchev–Trinajstić information content (AvgIpc) is 3.33. The van der Waals surface area contributed by atoms with Gasteiger partial charge in [-0.3, -0.25) is 0 Å². The van der Waals surface area contributed by atoms with Crippen molar-refractivity contribution in [3.8, 4) is 11.3 Å². The number of carbonyl (C=O) groups excluding carboxylic acids is 1. The Balaban J connectivity index is 1.46. The third-order valence-corrected chi connectivity index (χ3v) is 5.69. The van der Waals surface area contributed by atoms with E-state index in [-0.39, 0.29) is 0 Å². The number of hydrogen-bond donors (Lipinski definition) is 2. The first-order valence-corrected chi connectivity index (χ1v) is 9.47. The van der Waals surface area contributed by atoms with Crippen LogP contribution in [0.2, 0.25) is 10.0 Å². The molecule has 2 bridgehead atoms. The Kier molecular flexibility index (Phi) is 4.93. The van der Waals surface area contributed by atoms with Crippen LogP contribution in [0.5, 0.6) is 0 Å². The molecular formula is C19H18Cl2N4O2. The molecule has 1 heterocycles. The summed E-state index contributed by atoms with van der Waals surface area (Å²) < 4.78 is 5.22. The van der Waals surface area contributed by atoms with Gasteiger partial charge in [-0.2, -0.15) is 5.10 Å². The lowest BCUT2D eigenvalue weighted by Gasteiger charge is -2.12. The number of carbonyl (C=O) groups is 1. The van der Waals surface area contributed by atoms with Crippen LogP contribution in [0.3, 0.4) is 0 Å². The van der Waals surface area contributed by atoms with Gasteiger partial charge in [-0.25, -0.2) is 10.2 Å². The molecule has 1 aromatic heterocycles. The van der Waals surface area contributed by atoms with Crippen LogP contribution in [0.4, 0.5) is 10.5 Å². The Labute approximate surface area is 166 Å². The number of urea groups is 1. The quantitative estimate of drug-likeness (QED) is 0.413. The number of halogens is 2. The van der Waals surface area contributed by atoms with Gasteiger partial charge in [0.1, 0.15) is 11.4 Å². The average molecular weight is 405 g/mol. The number of hydrazone groups is 1. The van der Waals surface area contributed by atoms with Gasteiger partial charge >= 0.3 is 6.03 Å². The van der Waals surface area contributed by atoms with E-state index in [1.54, 1.807) is 25.1 Å². The first kappa shape index (κ1) is 18.1. The molecule has 2 aromatic rings. The number of nitrogens with one attached hydrogen (secondary N) is 2. The zero-order valence-electron chi connectivity index (χ0n) is 14.6. The molecule has 2 amide bonds. The summed E-state index contributed by atoms with van der Waals surface area (Å²) >= 11 is 12.5. The number of allylic oxidation sites excluding steroid dienone is 2. The van der Waals surface area contributed by atoms with E-state index in [9.17, 15) is 4.79 Å². The molecule has 0 saturated heterocycles. The van der Waals surface area contributed by atoms with E-state index in [0.29, 0.717) is 50.5 Å². The first-order valence-electron chi connectivity index (χ1n) is 8.72. The maximum Gasteiger partial charge on any atom is 0.339 e. The lowest BCUT2D eigenvalue weighted by molar-refractivity contribution is 0.252. The van der Waals surface area contributed by atoms with Gasteiger partial charge in [-0.05, 0) is 43.7 Å². The van der Waals surface area contributed by atoms with Gasteiger partial charge in [0.05, 0.1) is 10.0 Å². The Hall–Kier alpha value is -2.31. The number of rotatable bonds is 4. The van der Waals surface area contributed by atoms with Crippen LogP contribution in [-0.4, -0.2) is 17.4 Å². The van der Waals surface area contributed by atoms with Crippen LogP contribution in [-0.2, 0) is 0 Å². The van der Waals surface area contributed by atoms with Crippen LogP contribution >= 0.6 is 23.2 Å². The summed E-state index contributed by atoms with van der Waals surface area (Å²) in [5, 5.41) is 11.6. The van der Waals surface area contributed by atoms with Crippen molar-refractivity contribution < 1.29 is 9.32 Å². The standard InChI is InChI=1S/C19H18Cl2N4O2/c1-10-17(18(25-27-10)16-14(20)3-2-4-15(16)21)23-19(26)24-22-9-13-8-11-5-6-12(13)7-11/h2-6,9,11-13H,7-8H2,1H3,(H2,23,24,26)/b22-9-/t11-,12+,13+/m1/s1. The Bertz CT molecular complexity index is 918. The van der Waals surface area contributed by atoms with Gasteiger partial charge < -0.3 is 9.84 Å². The van der Waals surface area contributed by atoms with E-state index in [1.807, 2.05) is 6.21 Å². The summed E-state index contributed by atoms with van der Waals surface area (Å²) in [5.41, 5.74) is 3.79. The molecule has 2 N–H and O–H groups in total. The fourth-order valence-electron chi connectivity index (χ4n) is 3.74. The van der Waals surface area contributed by atoms with Crippen molar-refractivity contribution in [2.75, 3.05) is 5.32 Å². The monoisotopic (exact) mass is 404 g/mol. The van der Waals surface area contributed by atoms with Gasteiger partial charge in [-0.1, -0.05) is 46.6 Å². The summed E-state index contributed by atoms with van der Waals surface area (Å²) in [6, 6.07) is 4.65. The summed E-state index contributed by atoms with van der Waals surface area (Å²) in [5.74, 6) is 2.02. The number of anilines is 1. The number of aromatic nitrogens is 1. The lowest BCUT2D eigenvalue weighted by atomic mass is 9.95. The minimum Gasteiger partial charge on any atom is -0.359 e. The van der Waals surface area contributed by atoms with E-state index < -0.39 is 6.03 Å². The summed E-state index contributed by atoms with van der Waals surface area (Å²) in [6.45, 7) is 1.70. The molecule has 27 heavy (non-hydrogen) atoms. The zero-order chi connectivity index (χ0) is 19.0. The molecule has 0 unspecified atom stereocenters. The normalized spacial score (nSPS) is 23.3. The summed E-state index contributed by atoms with van der Waals surface area (Å²) in [7, 11) is 0. The van der Waals surface area contributed by atoms with Crippen molar-refractivity contribution in [1.82, 2.24) is 10.6 Å². The van der Waals surface area contributed by atoms with Crippen LogP contribution < -0.4 is 10.7 Å². The molecular weight excluding hydrogens is 387 g/mol. The SMILES string of the molecule is Cc1onc(-c2c(Cl)cccc2Cl)c1NC(=O)N/N=C\[C@@H]1C[C@@H]2C=C[C@H]1C2. The molecule has 0 spiro atoms. The fraction of sp³-hybridized carbons (Fsp3) is 0.316. The first-order chi connectivity index (χ1) is 13.0. The Morgan fingerprint density at radius 2 is 2.07 bits per heavy atom. The van der Waals surface area contributed by atoms with Gasteiger partial charge in [0.15, 0.2) is 5.76 Å². The molecule has 0 aliphatic heterocycles. The predicted octanol–water partition coefficient (Wildman–Crippen LogP) is 5.28. The van der Waals surface area contributed by atoms with Crippen molar-refractivity contribution in [1.29, 1.82) is 0 Å². The van der Waals surface area contributed by atoms with Crippen molar-refractivity contribution in [3.05, 3.63) is 46.2 Å². The van der Waals surface area contributed by atoms with Crippen molar-refractivity contribution >= 4 is 41.1 Å². The second-order valence-electron chi connectivity index (χ2n) is 6.85. The number of aryl methyl sites for hydroxylation is 1. The second kappa shape index (κ2) is 7.37. The highest BCUT2D eigenvalue weighted by molar-refractivity contribution is 6.39. The molecule has 4 rings (SSSR count). The van der Waals surface area contributed by atoms with Crippen molar-refractivity contribution in [2.45, 2.75) is 19.8 Å². The molecule has 6 nitrogen and oxygen atoms in total. The largest absolute Gasteiger partial charge is 0.359 e. The summed E-state index contributed by atoms with van der Waals surface area (Å²) in [4.78, 5) is 12.3. The van der Waals surface area contributed by atoms with Gasteiger partial charge in [0.25, 0.3) is 0 Å². The molecule has 1 aromatic carbocycles. The van der Waals surface area contributed by atoms with Gasteiger partial charge in [0, 0.05) is 17.7 Å². The Morgan fingerprint density at radius 3 is 2.74 bits per heavy atom. The molecule has 0 radical (unpaired) electrons. The lowest BCUT2D eigenvalue weighted by Crippen LogP contribution is -2.25. The topological polar surface area (TPSA) is 79.5 Å². The van der Waals surface area contributed by atoms with Crippen LogP contribution in [0.1, 0.15) is 18.6 Å². The third kappa shape index (κ3) is 3.59. The maximum absolute atomic E-state index is 12.3. The van der Waals surface area contributed by atoms with E-state index in [4.69, 9.17) is 27.7 Å². The smallest absolute Gasteiger partial charge is 0.339 e. The van der Waals surface area contributed by atoms with Crippen LogP contribution in [0, 0.1) is 24.7 Å². The highest BCUT2D eigenvalue weighted by Crippen LogP contribution is 2.42. The molecule has 8 heteroatoms. The number of fused-ring (bicyclic) bond motifs is 2. The maximum atomic E-state index is 12.3. The van der Waals surface area contributed by atoms with Crippen LogP contribution in [0.15, 0.2) is 40.0 Å². The number of amides is 2. The van der Waals surface area contributed by atoms with Gasteiger partial charge in [0.2, 0.25) is 0 Å². The van der Waals surface area contributed by atoms with Crippen molar-refractivity contribution in [2.24, 2.45) is 22.9 Å². The van der Waals surface area contributed by atoms with E-state index in [2.05, 4.69) is 33.2 Å². The molecule has 2 aliphatic carbocycles. The minimum absolute atomic E-state index is 0.375.